The Morgan fingerprint density at radius 2 is 2.19 bits per heavy atom. The predicted octanol–water partition coefficient (Wildman–Crippen LogP) is 2.12. The predicted molar refractivity (Wildman–Crippen MR) is 75.7 cm³/mol. The molecule has 0 aliphatic rings. The molecule has 0 radical (unpaired) electrons. The van der Waals surface area contributed by atoms with Gasteiger partial charge in [-0.2, -0.15) is 0 Å². The van der Waals surface area contributed by atoms with Gasteiger partial charge in [-0.05, 0) is 18.9 Å². The molecule has 0 amide bonds. The number of nitrogens with zero attached hydrogens (tertiary/aromatic N) is 1. The smallest absolute Gasteiger partial charge is 0.326 e. The lowest BCUT2D eigenvalue weighted by Gasteiger charge is -2.21. The third kappa shape index (κ3) is 4.07. The highest BCUT2D eigenvalue weighted by Gasteiger charge is 2.22. The van der Waals surface area contributed by atoms with Crippen LogP contribution < -0.4 is 0 Å². The molecule has 4 unspecified atom stereocenters. The topological polar surface area (TPSA) is 29.5 Å². The first-order valence-corrected chi connectivity index (χ1v) is 6.29. The molecule has 4 atom stereocenters. The maximum atomic E-state index is 11.5. The van der Waals surface area contributed by atoms with Gasteiger partial charge in [0.2, 0.25) is 0 Å². The lowest BCUT2D eigenvalue weighted by molar-refractivity contribution is -0.136. The van der Waals surface area contributed by atoms with E-state index in [4.69, 9.17) is 0 Å². The molecule has 0 saturated carbocycles. The van der Waals surface area contributed by atoms with Crippen LogP contribution in [-0.2, 0) is 15.7 Å². The van der Waals surface area contributed by atoms with Gasteiger partial charge >= 0.3 is 5.97 Å². The summed E-state index contributed by atoms with van der Waals surface area (Å²) in [7, 11) is 6.92. The summed E-state index contributed by atoms with van der Waals surface area (Å²) in [4.78, 5) is 11.5. The van der Waals surface area contributed by atoms with Crippen LogP contribution >= 0.6 is 28.2 Å². The van der Waals surface area contributed by atoms with E-state index in [0.29, 0.717) is 6.42 Å². The van der Waals surface area contributed by atoms with Crippen molar-refractivity contribution >= 4 is 34.2 Å². The SMILES string of the molecule is Cc1cccc(CC(C(=O)OP)N(P)P)c1. The van der Waals surface area contributed by atoms with Crippen LogP contribution in [0.4, 0.5) is 0 Å². The maximum absolute atomic E-state index is 11.5. The molecule has 0 fully saturated rings. The van der Waals surface area contributed by atoms with E-state index in [1.165, 1.54) is 5.56 Å². The van der Waals surface area contributed by atoms with Crippen LogP contribution in [0, 0.1) is 6.92 Å². The fourth-order valence-electron chi connectivity index (χ4n) is 1.45. The number of benzene rings is 1. The quantitative estimate of drug-likeness (QED) is 0.788. The molecule has 16 heavy (non-hydrogen) atoms. The summed E-state index contributed by atoms with van der Waals surface area (Å²) in [5.41, 5.74) is 2.31. The summed E-state index contributed by atoms with van der Waals surface area (Å²) >= 11 is 0. The minimum atomic E-state index is -0.311. The van der Waals surface area contributed by atoms with Crippen LogP contribution in [0.3, 0.4) is 0 Å². The number of aryl methyl sites for hydroxylation is 1. The first-order valence-electron chi connectivity index (χ1n) is 4.79. The average Bonchev–Trinajstić information content (AvgIpc) is 2.24. The molecule has 1 aromatic carbocycles. The minimum Gasteiger partial charge on any atom is -0.450 e. The molecule has 1 rings (SSSR count). The van der Waals surface area contributed by atoms with E-state index < -0.39 is 0 Å². The van der Waals surface area contributed by atoms with Gasteiger partial charge in [-0.25, -0.2) is 0 Å². The fraction of sp³-hybridized carbons (Fsp3) is 0.300. The molecular weight excluding hydrogens is 259 g/mol. The lowest BCUT2D eigenvalue weighted by Crippen LogP contribution is -2.31. The van der Waals surface area contributed by atoms with Crippen molar-refractivity contribution in [1.29, 1.82) is 0 Å². The Kier molecular flexibility index (Phi) is 5.79. The molecule has 0 bridgehead atoms. The van der Waals surface area contributed by atoms with Crippen molar-refractivity contribution in [3.63, 3.8) is 0 Å². The molecular formula is C10H16NO2P3. The van der Waals surface area contributed by atoms with Crippen molar-refractivity contribution in [2.75, 3.05) is 0 Å². The van der Waals surface area contributed by atoms with E-state index >= 15 is 0 Å². The van der Waals surface area contributed by atoms with Gasteiger partial charge in [0.1, 0.15) is 6.04 Å². The van der Waals surface area contributed by atoms with E-state index in [9.17, 15) is 4.79 Å². The van der Waals surface area contributed by atoms with Crippen molar-refractivity contribution in [3.8, 4) is 0 Å². The molecule has 0 aliphatic carbocycles. The second-order valence-corrected chi connectivity index (χ2v) is 5.62. The largest absolute Gasteiger partial charge is 0.450 e. The van der Waals surface area contributed by atoms with Gasteiger partial charge in [0.25, 0.3) is 0 Å². The molecule has 88 valence electrons. The summed E-state index contributed by atoms with van der Waals surface area (Å²) in [6.07, 6.45) is 0.627. The number of carbonyl (C=O) groups excluding carboxylic acids is 1. The molecule has 1 aromatic rings. The van der Waals surface area contributed by atoms with Gasteiger partial charge in [-0.15, -0.1) is 0 Å². The van der Waals surface area contributed by atoms with Crippen LogP contribution in [0.25, 0.3) is 0 Å². The van der Waals surface area contributed by atoms with Crippen LogP contribution in [0.1, 0.15) is 11.1 Å². The molecule has 0 aromatic heterocycles. The summed E-state index contributed by atoms with van der Waals surface area (Å²) in [5, 5.41) is 0. The zero-order valence-electron chi connectivity index (χ0n) is 9.09. The highest BCUT2D eigenvalue weighted by molar-refractivity contribution is 7.31. The maximum Gasteiger partial charge on any atom is 0.326 e. The summed E-state index contributed by atoms with van der Waals surface area (Å²) < 4.78 is 6.39. The Bertz CT molecular complexity index is 371. The Morgan fingerprint density at radius 1 is 1.50 bits per heavy atom. The highest BCUT2D eigenvalue weighted by atomic mass is 31.1. The number of hydrogen-bond donors (Lipinski definition) is 0. The zero-order chi connectivity index (χ0) is 12.1. The Morgan fingerprint density at radius 3 is 2.69 bits per heavy atom. The first-order chi connectivity index (χ1) is 7.54. The Balaban J connectivity index is 2.79. The minimum absolute atomic E-state index is 0.267. The first kappa shape index (κ1) is 14.0. The second-order valence-electron chi connectivity index (χ2n) is 3.59. The monoisotopic (exact) mass is 275 g/mol. The van der Waals surface area contributed by atoms with E-state index in [0.717, 1.165) is 5.56 Å². The van der Waals surface area contributed by atoms with Crippen LogP contribution in [-0.4, -0.2) is 16.5 Å². The van der Waals surface area contributed by atoms with Crippen molar-refractivity contribution in [3.05, 3.63) is 35.4 Å². The van der Waals surface area contributed by atoms with Gasteiger partial charge in [-0.3, -0.25) is 9.24 Å². The van der Waals surface area contributed by atoms with Gasteiger partial charge in [0, 0.05) is 0 Å². The standard InChI is InChI=1S/C10H16NO2P3/c1-7-3-2-4-8(5-7)6-9(11(14)15)10(12)13-16/h2-5,9H,6,14-16H2,1H3. The van der Waals surface area contributed by atoms with Gasteiger partial charge < -0.3 is 4.52 Å². The molecule has 3 nitrogen and oxygen atoms in total. The Hall–Kier alpha value is -0.0600. The van der Waals surface area contributed by atoms with Crippen molar-refractivity contribution in [1.82, 2.24) is 4.44 Å². The summed E-state index contributed by atoms with van der Waals surface area (Å²) in [6, 6.07) is 7.79. The fourth-order valence-corrected chi connectivity index (χ4v) is 2.06. The number of carbonyl (C=O) groups is 1. The molecule has 0 saturated heterocycles. The number of hydrogen-bond acceptors (Lipinski definition) is 3. The van der Waals surface area contributed by atoms with Crippen LogP contribution in [0.2, 0.25) is 0 Å². The average molecular weight is 275 g/mol. The molecule has 0 spiro atoms. The van der Waals surface area contributed by atoms with Crippen molar-refractivity contribution in [2.45, 2.75) is 19.4 Å². The Labute approximate surface area is 103 Å². The van der Waals surface area contributed by atoms with Gasteiger partial charge in [0.15, 0.2) is 0 Å². The normalized spacial score (nSPS) is 12.6. The van der Waals surface area contributed by atoms with Crippen molar-refractivity contribution < 1.29 is 9.32 Å². The zero-order valence-corrected chi connectivity index (χ0v) is 12.6. The van der Waals surface area contributed by atoms with E-state index in [-0.39, 0.29) is 12.0 Å². The third-order valence-corrected chi connectivity index (χ3v) is 3.21. The van der Waals surface area contributed by atoms with E-state index in [2.05, 4.69) is 29.4 Å². The molecule has 0 aliphatic heterocycles. The molecule has 6 heteroatoms. The van der Waals surface area contributed by atoms with Gasteiger partial charge in [0.05, 0.1) is 9.47 Å². The van der Waals surface area contributed by atoms with Crippen LogP contribution in [0.15, 0.2) is 24.3 Å². The van der Waals surface area contributed by atoms with Crippen LogP contribution in [0.5, 0.6) is 0 Å². The van der Waals surface area contributed by atoms with E-state index in [1.54, 1.807) is 4.44 Å². The number of rotatable bonds is 4. The highest BCUT2D eigenvalue weighted by Crippen LogP contribution is 2.19. The third-order valence-electron chi connectivity index (χ3n) is 2.26. The summed E-state index contributed by atoms with van der Waals surface area (Å²) in [6.45, 7) is 2.03. The molecule has 0 N–H and O–H groups in total. The van der Waals surface area contributed by atoms with E-state index in [1.807, 2.05) is 34.6 Å². The summed E-state index contributed by atoms with van der Waals surface area (Å²) in [5.74, 6) is -0.267. The van der Waals surface area contributed by atoms with Gasteiger partial charge in [-0.1, -0.05) is 48.6 Å². The van der Waals surface area contributed by atoms with Crippen molar-refractivity contribution in [2.24, 2.45) is 0 Å². The molecule has 0 heterocycles. The second kappa shape index (κ2) is 6.62. The lowest BCUT2D eigenvalue weighted by atomic mass is 10.0.